The molecule has 2 heterocycles. The summed E-state index contributed by atoms with van der Waals surface area (Å²) >= 11 is 0. The molecule has 0 saturated heterocycles. The lowest BCUT2D eigenvalue weighted by atomic mass is 9.91. The van der Waals surface area contributed by atoms with Crippen molar-refractivity contribution in [1.82, 2.24) is 15.3 Å². The lowest BCUT2D eigenvalue weighted by molar-refractivity contribution is -0.125. The van der Waals surface area contributed by atoms with E-state index in [9.17, 15) is 9.59 Å². The van der Waals surface area contributed by atoms with Gasteiger partial charge < -0.3 is 20.4 Å². The van der Waals surface area contributed by atoms with Gasteiger partial charge in [-0.2, -0.15) is 4.98 Å². The fraction of sp³-hybridized carbons (Fsp3) is 0.520. The quantitative estimate of drug-likeness (QED) is 0.722. The molecule has 8 nitrogen and oxygen atoms in total. The van der Waals surface area contributed by atoms with Crippen LogP contribution in [-0.4, -0.2) is 47.5 Å². The van der Waals surface area contributed by atoms with Crippen molar-refractivity contribution in [2.24, 2.45) is 5.41 Å². The number of fused-ring (bicyclic) bond motifs is 1. The molecular weight excluding hydrogens is 416 g/mol. The van der Waals surface area contributed by atoms with Gasteiger partial charge in [-0.1, -0.05) is 18.9 Å². The molecule has 5 rings (SSSR count). The summed E-state index contributed by atoms with van der Waals surface area (Å²) in [5.74, 6) is 1.27. The molecule has 2 saturated carbocycles. The number of aromatic nitrogens is 2. The fourth-order valence-corrected chi connectivity index (χ4v) is 4.89. The molecule has 0 bridgehead atoms. The second kappa shape index (κ2) is 8.32. The van der Waals surface area contributed by atoms with E-state index in [4.69, 9.17) is 4.98 Å². The van der Waals surface area contributed by atoms with Crippen molar-refractivity contribution in [1.29, 1.82) is 0 Å². The van der Waals surface area contributed by atoms with E-state index in [2.05, 4.69) is 20.5 Å². The van der Waals surface area contributed by atoms with Crippen LogP contribution in [0.2, 0.25) is 0 Å². The van der Waals surface area contributed by atoms with Crippen molar-refractivity contribution in [2.45, 2.75) is 64.5 Å². The lowest BCUT2D eigenvalue weighted by Gasteiger charge is -2.34. The number of carbonyl (C=O) groups is 2. The number of nitrogens with one attached hydrogen (secondary N) is 2. The van der Waals surface area contributed by atoms with Gasteiger partial charge in [0.25, 0.3) is 5.91 Å². The Labute approximate surface area is 194 Å². The van der Waals surface area contributed by atoms with Gasteiger partial charge in [0.2, 0.25) is 11.9 Å². The largest absolute Gasteiger partial charge is 0.351 e. The molecule has 2 aliphatic carbocycles. The Balaban J connectivity index is 1.45. The van der Waals surface area contributed by atoms with Crippen LogP contribution in [0.15, 0.2) is 30.5 Å². The van der Waals surface area contributed by atoms with E-state index in [1.807, 2.05) is 38.1 Å². The molecule has 8 heteroatoms. The van der Waals surface area contributed by atoms with Gasteiger partial charge in [-0.3, -0.25) is 9.59 Å². The molecule has 2 amide bonds. The third-order valence-electron chi connectivity index (χ3n) is 6.89. The molecule has 2 N–H and O–H groups in total. The molecule has 0 atom stereocenters. The normalized spacial score (nSPS) is 20.4. The van der Waals surface area contributed by atoms with Crippen molar-refractivity contribution in [3.8, 4) is 0 Å². The second-order valence-corrected chi connectivity index (χ2v) is 10.2. The number of hydrogen-bond acceptors (Lipinski definition) is 6. The summed E-state index contributed by atoms with van der Waals surface area (Å²) in [4.78, 5) is 39.0. The molecule has 1 aromatic heterocycles. The molecule has 0 spiro atoms. The maximum absolute atomic E-state index is 13.1. The third kappa shape index (κ3) is 4.38. The number of hydrogen-bond donors (Lipinski definition) is 2. The molecule has 1 aromatic carbocycles. The van der Waals surface area contributed by atoms with Crippen LogP contribution in [0.5, 0.6) is 0 Å². The van der Waals surface area contributed by atoms with Crippen LogP contribution < -0.4 is 20.4 Å². The van der Waals surface area contributed by atoms with E-state index in [0.29, 0.717) is 30.1 Å². The summed E-state index contributed by atoms with van der Waals surface area (Å²) in [5.41, 5.74) is 1.58. The minimum absolute atomic E-state index is 0.0567. The van der Waals surface area contributed by atoms with Crippen LogP contribution in [0.3, 0.4) is 0 Å². The Kier molecular flexibility index (Phi) is 5.46. The highest BCUT2D eigenvalue weighted by Gasteiger charge is 2.41. The molecule has 0 radical (unpaired) electrons. The van der Waals surface area contributed by atoms with Gasteiger partial charge in [0, 0.05) is 36.9 Å². The molecule has 0 unspecified atom stereocenters. The van der Waals surface area contributed by atoms with Crippen molar-refractivity contribution in [2.75, 3.05) is 28.7 Å². The maximum Gasteiger partial charge on any atom is 0.251 e. The number of anilines is 4. The fourth-order valence-electron chi connectivity index (χ4n) is 4.89. The number of amides is 2. The first-order valence-electron chi connectivity index (χ1n) is 11.9. The zero-order chi connectivity index (χ0) is 23.2. The Morgan fingerprint density at radius 1 is 1.15 bits per heavy atom. The monoisotopic (exact) mass is 448 g/mol. The van der Waals surface area contributed by atoms with Crippen molar-refractivity contribution in [3.63, 3.8) is 0 Å². The second-order valence-electron chi connectivity index (χ2n) is 10.2. The van der Waals surface area contributed by atoms with E-state index < -0.39 is 5.41 Å². The van der Waals surface area contributed by atoms with Gasteiger partial charge in [-0.15, -0.1) is 0 Å². The summed E-state index contributed by atoms with van der Waals surface area (Å²) in [7, 11) is 1.81. The highest BCUT2D eigenvalue weighted by atomic mass is 16.2. The standard InChI is InChI=1S/C25H32N6O2/c1-25(2)15-31(19-9-4-5-10-19)21-20(30(3)23(25)33)14-26-24(29-21)28-18-8-6-7-16(13-18)22(32)27-17-11-12-17/h6-8,13-14,17,19H,4-5,9-12,15H2,1-3H3,(H,27,32)(H,26,28,29). The van der Waals surface area contributed by atoms with E-state index in [1.54, 1.807) is 18.1 Å². The third-order valence-corrected chi connectivity index (χ3v) is 6.89. The topological polar surface area (TPSA) is 90.5 Å². The summed E-state index contributed by atoms with van der Waals surface area (Å²) < 4.78 is 0. The van der Waals surface area contributed by atoms with Gasteiger partial charge in [0.05, 0.1) is 11.6 Å². The van der Waals surface area contributed by atoms with Gasteiger partial charge >= 0.3 is 0 Å². The van der Waals surface area contributed by atoms with E-state index in [0.717, 1.165) is 42.9 Å². The number of nitrogens with zero attached hydrogens (tertiary/aromatic N) is 4. The van der Waals surface area contributed by atoms with Crippen LogP contribution in [0.4, 0.5) is 23.1 Å². The van der Waals surface area contributed by atoms with Crippen molar-refractivity contribution >= 4 is 35.0 Å². The van der Waals surface area contributed by atoms with E-state index >= 15 is 0 Å². The van der Waals surface area contributed by atoms with Crippen LogP contribution in [0.25, 0.3) is 0 Å². The summed E-state index contributed by atoms with van der Waals surface area (Å²) in [5, 5.41) is 6.28. The number of carbonyl (C=O) groups excluding carboxylic acids is 2. The molecule has 2 aromatic rings. The summed E-state index contributed by atoms with van der Waals surface area (Å²) in [6.45, 7) is 4.63. The molecule has 33 heavy (non-hydrogen) atoms. The van der Waals surface area contributed by atoms with Crippen molar-refractivity contribution < 1.29 is 9.59 Å². The van der Waals surface area contributed by atoms with Gasteiger partial charge in [-0.25, -0.2) is 4.98 Å². The van der Waals surface area contributed by atoms with Crippen molar-refractivity contribution in [3.05, 3.63) is 36.0 Å². The molecule has 1 aliphatic heterocycles. The van der Waals surface area contributed by atoms with Crippen LogP contribution in [0, 0.1) is 5.41 Å². The minimum Gasteiger partial charge on any atom is -0.351 e. The van der Waals surface area contributed by atoms with Gasteiger partial charge in [0.15, 0.2) is 5.82 Å². The average Bonchev–Trinajstić information content (AvgIpc) is 3.46. The van der Waals surface area contributed by atoms with Crippen LogP contribution >= 0.6 is 0 Å². The minimum atomic E-state index is -0.519. The van der Waals surface area contributed by atoms with E-state index in [-0.39, 0.29) is 11.8 Å². The molecule has 3 aliphatic rings. The molecular formula is C25H32N6O2. The predicted octanol–water partition coefficient (Wildman–Crippen LogP) is 3.86. The van der Waals surface area contributed by atoms with Gasteiger partial charge in [-0.05, 0) is 57.7 Å². The SMILES string of the molecule is CN1C(=O)C(C)(C)CN(C2CCCC2)c2nc(Nc3cccc(C(=O)NC4CC4)c3)ncc21. The predicted molar refractivity (Wildman–Crippen MR) is 129 cm³/mol. The highest BCUT2D eigenvalue weighted by Crippen LogP contribution is 2.40. The first kappa shape index (κ1) is 21.7. The first-order chi connectivity index (χ1) is 15.8. The Hall–Kier alpha value is -3.16. The number of benzene rings is 1. The highest BCUT2D eigenvalue weighted by molar-refractivity contribution is 6.01. The van der Waals surface area contributed by atoms with Crippen LogP contribution in [0.1, 0.15) is 62.7 Å². The Morgan fingerprint density at radius 3 is 2.64 bits per heavy atom. The first-order valence-corrected chi connectivity index (χ1v) is 11.9. The molecule has 2 fully saturated rings. The average molecular weight is 449 g/mol. The zero-order valence-corrected chi connectivity index (χ0v) is 19.6. The smallest absolute Gasteiger partial charge is 0.251 e. The molecule has 174 valence electrons. The van der Waals surface area contributed by atoms with E-state index in [1.165, 1.54) is 12.8 Å². The lowest BCUT2D eigenvalue weighted by Crippen LogP contribution is -2.45. The van der Waals surface area contributed by atoms with Gasteiger partial charge in [0.1, 0.15) is 5.69 Å². The zero-order valence-electron chi connectivity index (χ0n) is 19.6. The Bertz CT molecular complexity index is 1070. The Morgan fingerprint density at radius 2 is 1.91 bits per heavy atom. The summed E-state index contributed by atoms with van der Waals surface area (Å²) in [6, 6.07) is 8.07. The van der Waals surface area contributed by atoms with Crippen LogP contribution in [-0.2, 0) is 4.79 Å². The summed E-state index contributed by atoms with van der Waals surface area (Å²) in [6.07, 6.45) is 8.46. The maximum atomic E-state index is 13.1. The number of rotatable bonds is 5.